The summed E-state index contributed by atoms with van der Waals surface area (Å²) in [4.78, 5) is 0. The van der Waals surface area contributed by atoms with E-state index in [1.54, 1.807) is 12.1 Å². The molecule has 0 fully saturated rings. The van der Waals surface area contributed by atoms with E-state index >= 15 is 0 Å². The number of rotatable bonds is 12. The smallest absolute Gasteiger partial charge is 0.166 e. The maximum atomic E-state index is 12.7. The SMILES string of the molecule is CCCCCCCCCCCCc1ccc(-c2ccc(C(F)(F)F)cc2)cc1. The molecule has 0 aromatic heterocycles. The van der Waals surface area contributed by atoms with Crippen molar-refractivity contribution in [2.24, 2.45) is 0 Å². The fourth-order valence-electron chi connectivity index (χ4n) is 3.53. The topological polar surface area (TPSA) is 0 Å². The van der Waals surface area contributed by atoms with E-state index in [2.05, 4.69) is 19.1 Å². The molecule has 154 valence electrons. The number of hydrogen-bond acceptors (Lipinski definition) is 0. The molecule has 0 nitrogen and oxygen atoms in total. The van der Waals surface area contributed by atoms with Gasteiger partial charge in [-0.2, -0.15) is 13.2 Å². The maximum absolute atomic E-state index is 12.7. The van der Waals surface area contributed by atoms with Crippen molar-refractivity contribution in [3.63, 3.8) is 0 Å². The minimum Gasteiger partial charge on any atom is -0.166 e. The standard InChI is InChI=1S/C25H33F3/c1-2-3-4-5-6-7-8-9-10-11-12-21-13-15-22(16-14-21)23-17-19-24(20-18-23)25(26,27)28/h13-20H,2-12H2,1H3. The van der Waals surface area contributed by atoms with Crippen molar-refractivity contribution in [2.45, 2.75) is 83.7 Å². The first-order valence-electron chi connectivity index (χ1n) is 10.8. The van der Waals surface area contributed by atoms with Crippen LogP contribution in [0.4, 0.5) is 13.2 Å². The molecule has 28 heavy (non-hydrogen) atoms. The van der Waals surface area contributed by atoms with Gasteiger partial charge >= 0.3 is 6.18 Å². The second-order valence-electron chi connectivity index (χ2n) is 7.70. The van der Waals surface area contributed by atoms with Crippen molar-refractivity contribution in [3.05, 3.63) is 59.7 Å². The van der Waals surface area contributed by atoms with Gasteiger partial charge in [-0.3, -0.25) is 0 Å². The van der Waals surface area contributed by atoms with E-state index in [0.29, 0.717) is 0 Å². The maximum Gasteiger partial charge on any atom is 0.416 e. The van der Waals surface area contributed by atoms with Gasteiger partial charge in [0.1, 0.15) is 0 Å². The van der Waals surface area contributed by atoms with Crippen LogP contribution in [-0.4, -0.2) is 0 Å². The molecule has 0 saturated heterocycles. The van der Waals surface area contributed by atoms with Crippen LogP contribution in [0.15, 0.2) is 48.5 Å². The van der Waals surface area contributed by atoms with E-state index in [4.69, 9.17) is 0 Å². The quantitative estimate of drug-likeness (QED) is 0.317. The van der Waals surface area contributed by atoms with Gasteiger partial charge in [-0.1, -0.05) is 101 Å². The molecule has 2 aromatic rings. The van der Waals surface area contributed by atoms with E-state index in [1.165, 1.54) is 69.8 Å². The third kappa shape index (κ3) is 8.08. The molecule has 0 atom stereocenters. The van der Waals surface area contributed by atoms with Gasteiger partial charge in [0, 0.05) is 0 Å². The Morgan fingerprint density at radius 3 is 1.46 bits per heavy atom. The molecule has 0 spiro atoms. The normalized spacial score (nSPS) is 11.7. The van der Waals surface area contributed by atoms with Crippen LogP contribution >= 0.6 is 0 Å². The molecule has 0 bridgehead atoms. The second kappa shape index (κ2) is 11.9. The Morgan fingerprint density at radius 2 is 1.00 bits per heavy atom. The van der Waals surface area contributed by atoms with E-state index in [0.717, 1.165) is 29.7 Å². The molecule has 0 aliphatic rings. The van der Waals surface area contributed by atoms with Gasteiger partial charge in [-0.15, -0.1) is 0 Å². The summed E-state index contributed by atoms with van der Waals surface area (Å²) in [7, 11) is 0. The fraction of sp³-hybridized carbons (Fsp3) is 0.520. The zero-order valence-electron chi connectivity index (χ0n) is 17.0. The summed E-state index contributed by atoms with van der Waals surface area (Å²) in [6, 6.07) is 13.6. The van der Waals surface area contributed by atoms with Crippen molar-refractivity contribution >= 4 is 0 Å². The van der Waals surface area contributed by atoms with Crippen LogP contribution in [0.5, 0.6) is 0 Å². The summed E-state index contributed by atoms with van der Waals surface area (Å²) in [5.74, 6) is 0. The minimum absolute atomic E-state index is 0.603. The van der Waals surface area contributed by atoms with E-state index in [9.17, 15) is 13.2 Å². The van der Waals surface area contributed by atoms with Crippen LogP contribution in [0.3, 0.4) is 0 Å². The minimum atomic E-state index is -4.28. The molecule has 2 rings (SSSR count). The Hall–Kier alpha value is -1.77. The third-order valence-electron chi connectivity index (χ3n) is 5.32. The Labute approximate surface area is 168 Å². The molecule has 0 aliphatic carbocycles. The average Bonchev–Trinajstić information content (AvgIpc) is 2.69. The van der Waals surface area contributed by atoms with Crippen molar-refractivity contribution in [1.29, 1.82) is 0 Å². The molecular formula is C25H33F3. The molecule has 0 heterocycles. The summed E-state index contributed by atoms with van der Waals surface area (Å²) in [6.07, 6.45) is 10.1. The highest BCUT2D eigenvalue weighted by atomic mass is 19.4. The number of halogens is 3. The highest BCUT2D eigenvalue weighted by Gasteiger charge is 2.29. The molecule has 0 radical (unpaired) electrons. The first-order valence-corrected chi connectivity index (χ1v) is 10.8. The highest BCUT2D eigenvalue weighted by Crippen LogP contribution is 2.31. The van der Waals surface area contributed by atoms with Gasteiger partial charge in [-0.05, 0) is 41.7 Å². The van der Waals surface area contributed by atoms with Crippen LogP contribution in [0, 0.1) is 0 Å². The van der Waals surface area contributed by atoms with Crippen LogP contribution in [0.1, 0.15) is 82.3 Å². The number of aryl methyl sites for hydroxylation is 1. The van der Waals surface area contributed by atoms with Crippen LogP contribution in [0.2, 0.25) is 0 Å². The number of benzene rings is 2. The lowest BCUT2D eigenvalue weighted by molar-refractivity contribution is -0.137. The summed E-state index contributed by atoms with van der Waals surface area (Å²) >= 11 is 0. The van der Waals surface area contributed by atoms with Crippen LogP contribution in [-0.2, 0) is 12.6 Å². The fourth-order valence-corrected chi connectivity index (χ4v) is 3.53. The van der Waals surface area contributed by atoms with Gasteiger partial charge in [0.2, 0.25) is 0 Å². The Morgan fingerprint density at radius 1 is 0.571 bits per heavy atom. The first kappa shape index (κ1) is 22.5. The number of hydrogen-bond donors (Lipinski definition) is 0. The third-order valence-corrected chi connectivity index (χ3v) is 5.32. The Balaban J connectivity index is 1.66. The van der Waals surface area contributed by atoms with Crippen molar-refractivity contribution in [2.75, 3.05) is 0 Å². The largest absolute Gasteiger partial charge is 0.416 e. The van der Waals surface area contributed by atoms with Crippen molar-refractivity contribution in [3.8, 4) is 11.1 Å². The lowest BCUT2D eigenvalue weighted by Crippen LogP contribution is -2.03. The van der Waals surface area contributed by atoms with Gasteiger partial charge < -0.3 is 0 Å². The average molecular weight is 391 g/mol. The number of unbranched alkanes of at least 4 members (excludes halogenated alkanes) is 9. The van der Waals surface area contributed by atoms with E-state index in [-0.39, 0.29) is 0 Å². The zero-order chi connectivity index (χ0) is 20.2. The second-order valence-corrected chi connectivity index (χ2v) is 7.70. The van der Waals surface area contributed by atoms with E-state index < -0.39 is 11.7 Å². The monoisotopic (exact) mass is 390 g/mol. The molecule has 3 heteroatoms. The molecule has 0 unspecified atom stereocenters. The lowest BCUT2D eigenvalue weighted by Gasteiger charge is -2.08. The van der Waals surface area contributed by atoms with E-state index in [1.807, 2.05) is 12.1 Å². The predicted molar refractivity (Wildman–Crippen MR) is 112 cm³/mol. The molecule has 2 aromatic carbocycles. The lowest BCUT2D eigenvalue weighted by atomic mass is 10.00. The molecule has 0 N–H and O–H groups in total. The van der Waals surface area contributed by atoms with Gasteiger partial charge in [-0.25, -0.2) is 0 Å². The summed E-state index contributed by atoms with van der Waals surface area (Å²) in [5.41, 5.74) is 2.48. The molecule has 0 aliphatic heterocycles. The summed E-state index contributed by atoms with van der Waals surface area (Å²) < 4.78 is 38.0. The van der Waals surface area contributed by atoms with Gasteiger partial charge in [0.15, 0.2) is 0 Å². The molecular weight excluding hydrogens is 357 g/mol. The highest BCUT2D eigenvalue weighted by molar-refractivity contribution is 5.64. The zero-order valence-corrected chi connectivity index (χ0v) is 17.0. The molecule has 0 saturated carbocycles. The Bertz CT molecular complexity index is 654. The summed E-state index contributed by atoms with van der Waals surface area (Å²) in [6.45, 7) is 2.25. The predicted octanol–water partition coefficient (Wildman–Crippen LogP) is 8.84. The Kier molecular flexibility index (Phi) is 9.60. The molecule has 0 amide bonds. The first-order chi connectivity index (χ1) is 13.5. The van der Waals surface area contributed by atoms with Gasteiger partial charge in [0.05, 0.1) is 5.56 Å². The summed E-state index contributed by atoms with van der Waals surface area (Å²) in [5, 5.41) is 0. The van der Waals surface area contributed by atoms with Crippen LogP contribution in [0.25, 0.3) is 11.1 Å². The van der Waals surface area contributed by atoms with Crippen molar-refractivity contribution in [1.82, 2.24) is 0 Å². The van der Waals surface area contributed by atoms with Gasteiger partial charge in [0.25, 0.3) is 0 Å². The van der Waals surface area contributed by atoms with Crippen LogP contribution < -0.4 is 0 Å². The van der Waals surface area contributed by atoms with Crippen molar-refractivity contribution < 1.29 is 13.2 Å². The number of alkyl halides is 3.